The molecule has 1 aliphatic carbocycles. The molecule has 2 aromatic heterocycles. The average molecular weight is 536 g/mol. The molecule has 0 radical (unpaired) electrons. The highest BCUT2D eigenvalue weighted by Gasteiger charge is 2.21. The topological polar surface area (TPSA) is 153 Å². The lowest BCUT2D eigenvalue weighted by atomic mass is 9.99. The van der Waals surface area contributed by atoms with Gasteiger partial charge in [-0.3, -0.25) is 20.2 Å². The maximum absolute atomic E-state index is 13.4. The smallest absolute Gasteiger partial charge is 0.281 e. The number of nitrogens with two attached hydrogens (primary N) is 2. The molecule has 12 heteroatoms. The molecule has 9 nitrogen and oxygen atoms in total. The van der Waals surface area contributed by atoms with Gasteiger partial charge in [0.2, 0.25) is 0 Å². The van der Waals surface area contributed by atoms with Crippen molar-refractivity contribution >= 4 is 34.1 Å². The van der Waals surface area contributed by atoms with Gasteiger partial charge in [-0.25, -0.2) is 13.8 Å². The summed E-state index contributed by atoms with van der Waals surface area (Å²) in [5, 5.41) is 7.66. The van der Waals surface area contributed by atoms with Crippen molar-refractivity contribution in [3.63, 3.8) is 0 Å². The van der Waals surface area contributed by atoms with Crippen LogP contribution in [0.5, 0.6) is 5.75 Å². The standard InChI is InChI=1S/C26H23F2N7O2S/c1-37-22-15-34-21(24(27)28)13-19(22)18-12-17(4-2-10-32-11-3-9-29)33-14-20(18)25(36)35-26(31)38-23(30)8-7-16-5-6-16/h3,9,11-16,24,30H,5-6,10,29H2,1H3,(H2,31,35,36)/b9-3-,30-23?,32-11?. The molecule has 3 rings (SSSR count). The number of halogens is 2. The van der Waals surface area contributed by atoms with Gasteiger partial charge in [-0.05, 0) is 60.9 Å². The van der Waals surface area contributed by atoms with Crippen molar-refractivity contribution in [3.05, 3.63) is 53.8 Å². The number of amidine groups is 1. The van der Waals surface area contributed by atoms with Crippen molar-refractivity contribution < 1.29 is 18.3 Å². The van der Waals surface area contributed by atoms with Crippen LogP contribution in [0.25, 0.3) is 11.1 Å². The van der Waals surface area contributed by atoms with E-state index in [2.05, 4.69) is 43.6 Å². The Morgan fingerprint density at radius 2 is 2.11 bits per heavy atom. The van der Waals surface area contributed by atoms with Crippen molar-refractivity contribution in [3.8, 4) is 40.6 Å². The normalized spacial score (nSPS) is 13.2. The zero-order valence-electron chi connectivity index (χ0n) is 20.2. The van der Waals surface area contributed by atoms with E-state index in [1.807, 2.05) is 0 Å². The van der Waals surface area contributed by atoms with Crippen LogP contribution in [0.15, 0.2) is 46.8 Å². The number of alkyl halides is 2. The van der Waals surface area contributed by atoms with E-state index >= 15 is 0 Å². The highest BCUT2D eigenvalue weighted by Crippen LogP contribution is 2.35. The van der Waals surface area contributed by atoms with E-state index in [1.54, 1.807) is 6.08 Å². The summed E-state index contributed by atoms with van der Waals surface area (Å²) in [6.07, 6.45) is 5.89. The van der Waals surface area contributed by atoms with Crippen molar-refractivity contribution in [2.75, 3.05) is 13.7 Å². The van der Waals surface area contributed by atoms with E-state index in [-0.39, 0.29) is 44.9 Å². The van der Waals surface area contributed by atoms with Crippen LogP contribution in [0.1, 0.15) is 41.0 Å². The van der Waals surface area contributed by atoms with Crippen LogP contribution in [0.4, 0.5) is 8.78 Å². The summed E-state index contributed by atoms with van der Waals surface area (Å²) in [6.45, 7) is 0.157. The molecule has 2 aromatic rings. The molecule has 0 saturated heterocycles. The molecule has 0 bridgehead atoms. The molecule has 0 atom stereocenters. The minimum Gasteiger partial charge on any atom is -0.494 e. The Hall–Kier alpha value is -4.55. The van der Waals surface area contributed by atoms with Crippen molar-refractivity contribution in [1.82, 2.24) is 9.97 Å². The molecule has 1 fully saturated rings. The third-order valence-corrected chi connectivity index (χ3v) is 5.44. The molecule has 5 N–H and O–H groups in total. The summed E-state index contributed by atoms with van der Waals surface area (Å²) in [7, 11) is 1.35. The second-order valence-electron chi connectivity index (χ2n) is 7.63. The number of amides is 1. The number of aromatic nitrogens is 2. The molecular weight excluding hydrogens is 512 g/mol. The lowest BCUT2D eigenvalue weighted by Gasteiger charge is -2.13. The maximum atomic E-state index is 13.4. The maximum Gasteiger partial charge on any atom is 0.281 e. The first kappa shape index (κ1) is 28.0. The molecule has 0 spiro atoms. The molecule has 38 heavy (non-hydrogen) atoms. The lowest BCUT2D eigenvalue weighted by molar-refractivity contribution is 0.100. The van der Waals surface area contributed by atoms with Crippen LogP contribution in [0.2, 0.25) is 0 Å². The van der Waals surface area contributed by atoms with Crippen LogP contribution in [0, 0.1) is 35.0 Å². The lowest BCUT2D eigenvalue weighted by Crippen LogP contribution is -2.13. The number of ether oxygens (including phenoxy) is 1. The van der Waals surface area contributed by atoms with Crippen LogP contribution in [-0.2, 0) is 0 Å². The number of carbonyl (C=O) groups is 1. The molecule has 0 aromatic carbocycles. The number of hydrogen-bond acceptors (Lipinski definition) is 8. The number of pyridine rings is 2. The summed E-state index contributed by atoms with van der Waals surface area (Å²) in [5.41, 5.74) is 11.2. The van der Waals surface area contributed by atoms with Gasteiger partial charge >= 0.3 is 0 Å². The predicted octanol–water partition coefficient (Wildman–Crippen LogP) is 3.56. The highest BCUT2D eigenvalue weighted by atomic mass is 32.2. The second kappa shape index (κ2) is 13.7. The van der Waals surface area contributed by atoms with E-state index < -0.39 is 18.0 Å². The van der Waals surface area contributed by atoms with Crippen LogP contribution in [-0.4, -0.2) is 46.0 Å². The van der Waals surface area contributed by atoms with Gasteiger partial charge in [-0.2, -0.15) is 4.99 Å². The number of allylic oxidation sites excluding steroid dienone is 1. The number of nitrogens with zero attached hydrogens (tertiary/aromatic N) is 4. The summed E-state index contributed by atoms with van der Waals surface area (Å²) in [4.78, 5) is 28.9. The number of hydrogen-bond donors (Lipinski definition) is 3. The van der Waals surface area contributed by atoms with Gasteiger partial charge in [0.15, 0.2) is 5.17 Å². The zero-order valence-corrected chi connectivity index (χ0v) is 21.1. The quantitative estimate of drug-likeness (QED) is 0.290. The fraction of sp³-hybridized carbons (Fsp3) is 0.231. The number of rotatable bonds is 6. The van der Waals surface area contributed by atoms with Gasteiger partial charge in [-0.1, -0.05) is 11.8 Å². The van der Waals surface area contributed by atoms with E-state index in [4.69, 9.17) is 21.6 Å². The molecule has 194 valence electrons. The van der Waals surface area contributed by atoms with Crippen molar-refractivity contribution in [2.45, 2.75) is 19.3 Å². The fourth-order valence-corrected chi connectivity index (χ4v) is 3.36. The van der Waals surface area contributed by atoms with Gasteiger partial charge in [-0.15, -0.1) is 0 Å². The Labute approximate surface area is 222 Å². The summed E-state index contributed by atoms with van der Waals surface area (Å²) < 4.78 is 32.2. The fourth-order valence-electron chi connectivity index (χ4n) is 2.92. The minimum atomic E-state index is -2.85. The third kappa shape index (κ3) is 8.25. The van der Waals surface area contributed by atoms with Crippen LogP contribution in [0.3, 0.4) is 0 Å². The Balaban J connectivity index is 2.00. The van der Waals surface area contributed by atoms with E-state index in [0.29, 0.717) is 5.92 Å². The molecule has 0 unspecified atom stereocenters. The first-order valence-corrected chi connectivity index (χ1v) is 12.0. The number of methoxy groups -OCH3 is 1. The predicted molar refractivity (Wildman–Crippen MR) is 144 cm³/mol. The average Bonchev–Trinajstić information content (AvgIpc) is 3.73. The van der Waals surface area contributed by atoms with Gasteiger partial charge in [0, 0.05) is 29.5 Å². The Morgan fingerprint density at radius 1 is 1.32 bits per heavy atom. The number of aliphatic imine (C=N–C) groups is 2. The molecule has 1 aliphatic rings. The molecular formula is C26H23F2N7O2S. The monoisotopic (exact) mass is 535 g/mol. The van der Waals surface area contributed by atoms with E-state index in [0.717, 1.165) is 36.9 Å². The largest absolute Gasteiger partial charge is 0.494 e. The van der Waals surface area contributed by atoms with E-state index in [1.165, 1.54) is 31.8 Å². The third-order valence-electron chi connectivity index (χ3n) is 4.83. The summed E-state index contributed by atoms with van der Waals surface area (Å²) in [6, 6.07) is 2.58. The van der Waals surface area contributed by atoms with E-state index in [9.17, 15) is 13.6 Å². The Morgan fingerprint density at radius 3 is 2.79 bits per heavy atom. The van der Waals surface area contributed by atoms with Crippen LogP contribution >= 0.6 is 11.8 Å². The molecule has 1 saturated carbocycles. The molecule has 0 aliphatic heterocycles. The number of nitrogens with one attached hydrogen (secondary N) is 1. The first-order chi connectivity index (χ1) is 18.3. The molecule has 2 heterocycles. The number of carbonyl (C=O) groups excluding carboxylic acids is 1. The summed E-state index contributed by atoms with van der Waals surface area (Å²) in [5.74, 6) is 10.9. The SMILES string of the molecule is COc1cnc(C(F)F)cc1-c1cc(C#CCN=C/C=C\N)ncc1C(=O)N=C(N)SC(=N)C#CC1CC1. The van der Waals surface area contributed by atoms with Crippen molar-refractivity contribution in [1.29, 1.82) is 5.41 Å². The van der Waals surface area contributed by atoms with Gasteiger partial charge < -0.3 is 16.2 Å². The molecule has 1 amide bonds. The van der Waals surface area contributed by atoms with Crippen LogP contribution < -0.4 is 16.2 Å². The highest BCUT2D eigenvalue weighted by molar-refractivity contribution is 8.26. The first-order valence-electron chi connectivity index (χ1n) is 11.2. The Bertz CT molecular complexity index is 1430. The second-order valence-corrected chi connectivity index (χ2v) is 8.66. The zero-order chi connectivity index (χ0) is 27.5. The van der Waals surface area contributed by atoms with Gasteiger partial charge in [0.1, 0.15) is 28.7 Å². The Kier molecular flexibility index (Phi) is 10.1. The minimum absolute atomic E-state index is 0.0366. The van der Waals surface area contributed by atoms with Gasteiger partial charge in [0.25, 0.3) is 12.3 Å². The van der Waals surface area contributed by atoms with Crippen molar-refractivity contribution in [2.24, 2.45) is 27.4 Å². The number of thioether (sulfide) groups is 1. The van der Waals surface area contributed by atoms with Gasteiger partial charge in [0.05, 0.1) is 18.9 Å². The summed E-state index contributed by atoms with van der Waals surface area (Å²) >= 11 is 0.744.